The Hall–Kier alpha value is -2.92. The van der Waals surface area contributed by atoms with Crippen LogP contribution in [-0.2, 0) is 0 Å². The smallest absolute Gasteiger partial charge is 0.253 e. The molecule has 1 saturated heterocycles. The van der Waals surface area contributed by atoms with Crippen LogP contribution in [0.3, 0.4) is 0 Å². The van der Waals surface area contributed by atoms with Gasteiger partial charge in [0.15, 0.2) is 5.43 Å². The number of likely N-dealkylation sites (tertiary alicyclic amines) is 1. The Morgan fingerprint density at radius 3 is 2.85 bits per heavy atom. The van der Waals surface area contributed by atoms with Crippen molar-refractivity contribution >= 4 is 16.8 Å². The molecule has 27 heavy (non-hydrogen) atoms. The molecule has 5 nitrogen and oxygen atoms in total. The molecule has 0 spiro atoms. The summed E-state index contributed by atoms with van der Waals surface area (Å²) in [4.78, 5) is 30.0. The first-order valence-corrected chi connectivity index (χ1v) is 9.37. The summed E-state index contributed by atoms with van der Waals surface area (Å²) in [5.41, 5.74) is 9.11. The fourth-order valence-electron chi connectivity index (χ4n) is 3.81. The van der Waals surface area contributed by atoms with Gasteiger partial charge in [-0.3, -0.25) is 9.59 Å². The van der Waals surface area contributed by atoms with Gasteiger partial charge in [0.05, 0.1) is 0 Å². The summed E-state index contributed by atoms with van der Waals surface area (Å²) < 4.78 is 0. The molecule has 5 heteroatoms. The van der Waals surface area contributed by atoms with Gasteiger partial charge in [-0.05, 0) is 60.7 Å². The van der Waals surface area contributed by atoms with Crippen molar-refractivity contribution < 1.29 is 4.79 Å². The molecule has 3 N–H and O–H groups in total. The van der Waals surface area contributed by atoms with E-state index in [4.69, 9.17) is 5.73 Å². The number of H-pyrrole nitrogens is 1. The highest BCUT2D eigenvalue weighted by molar-refractivity contribution is 5.96. The number of hydrogen-bond donors (Lipinski definition) is 2. The van der Waals surface area contributed by atoms with Gasteiger partial charge in [-0.1, -0.05) is 18.2 Å². The van der Waals surface area contributed by atoms with E-state index in [0.29, 0.717) is 23.4 Å². The molecule has 1 amide bonds. The first-order valence-electron chi connectivity index (χ1n) is 9.37. The Morgan fingerprint density at radius 2 is 2.00 bits per heavy atom. The average molecular weight is 361 g/mol. The summed E-state index contributed by atoms with van der Waals surface area (Å²) in [7, 11) is 0. The lowest BCUT2D eigenvalue weighted by Crippen LogP contribution is -2.42. The van der Waals surface area contributed by atoms with E-state index in [-0.39, 0.29) is 11.3 Å². The van der Waals surface area contributed by atoms with Crippen LogP contribution in [0.4, 0.5) is 0 Å². The molecule has 2 heterocycles. The maximum atomic E-state index is 12.9. The van der Waals surface area contributed by atoms with Crippen molar-refractivity contribution in [1.82, 2.24) is 9.88 Å². The number of fused-ring (bicyclic) bond motifs is 1. The highest BCUT2D eigenvalue weighted by Gasteiger charge is 2.23. The fraction of sp³-hybridized carbons (Fsp3) is 0.273. The molecule has 1 aliphatic heterocycles. The molecular formula is C22H23N3O2. The number of carbonyl (C=O) groups excluding carboxylic acids is 1. The highest BCUT2D eigenvalue weighted by atomic mass is 16.2. The number of nitrogens with zero attached hydrogens (tertiary/aromatic N) is 1. The largest absolute Gasteiger partial charge is 0.361 e. The third kappa shape index (κ3) is 3.51. The topological polar surface area (TPSA) is 79.2 Å². The molecule has 1 atom stereocenters. The van der Waals surface area contributed by atoms with Gasteiger partial charge in [0.1, 0.15) is 0 Å². The summed E-state index contributed by atoms with van der Waals surface area (Å²) in [6.07, 6.45) is 3.74. The van der Waals surface area contributed by atoms with Crippen LogP contribution in [0.2, 0.25) is 0 Å². The van der Waals surface area contributed by atoms with Gasteiger partial charge in [0, 0.05) is 41.8 Å². The summed E-state index contributed by atoms with van der Waals surface area (Å²) in [6, 6.07) is 14.9. The van der Waals surface area contributed by atoms with Crippen LogP contribution in [0.25, 0.3) is 22.0 Å². The van der Waals surface area contributed by atoms with Crippen LogP contribution >= 0.6 is 0 Å². The van der Waals surface area contributed by atoms with E-state index in [1.54, 1.807) is 6.20 Å². The Balaban J connectivity index is 1.65. The first kappa shape index (κ1) is 17.5. The van der Waals surface area contributed by atoms with Gasteiger partial charge < -0.3 is 15.6 Å². The van der Waals surface area contributed by atoms with Crippen molar-refractivity contribution in [1.29, 1.82) is 0 Å². The van der Waals surface area contributed by atoms with Crippen molar-refractivity contribution in [3.05, 3.63) is 70.5 Å². The van der Waals surface area contributed by atoms with Crippen LogP contribution in [0.15, 0.2) is 59.5 Å². The van der Waals surface area contributed by atoms with Crippen LogP contribution in [-0.4, -0.2) is 35.4 Å². The van der Waals surface area contributed by atoms with E-state index in [9.17, 15) is 9.59 Å². The number of piperidine rings is 1. The van der Waals surface area contributed by atoms with Gasteiger partial charge in [-0.15, -0.1) is 0 Å². The van der Waals surface area contributed by atoms with Gasteiger partial charge >= 0.3 is 0 Å². The number of nitrogens with two attached hydrogens (primary N) is 1. The van der Waals surface area contributed by atoms with Gasteiger partial charge in [0.2, 0.25) is 0 Å². The van der Waals surface area contributed by atoms with E-state index in [1.165, 1.54) is 6.07 Å². The number of pyridine rings is 1. The zero-order chi connectivity index (χ0) is 18.8. The standard InChI is InChI=1S/C22H23N3O2/c23-13-15-3-2-10-25(14-15)22(27)18-5-1-4-16(11-18)17-6-7-20-19(12-17)21(26)8-9-24-20/h1,4-9,11-12,15H,2-3,10,13-14,23H2,(H,24,26)/t15-/m0/s1. The number of aromatic amines is 1. The summed E-state index contributed by atoms with van der Waals surface area (Å²) >= 11 is 0. The number of rotatable bonds is 3. The summed E-state index contributed by atoms with van der Waals surface area (Å²) in [5, 5.41) is 0.647. The lowest BCUT2D eigenvalue weighted by atomic mass is 9.96. The average Bonchev–Trinajstić information content (AvgIpc) is 2.73. The number of nitrogens with one attached hydrogen (secondary N) is 1. The number of benzene rings is 2. The van der Waals surface area contributed by atoms with Crippen molar-refractivity contribution in [3.63, 3.8) is 0 Å². The molecule has 0 saturated carbocycles. The molecule has 4 rings (SSSR count). The van der Waals surface area contributed by atoms with Gasteiger partial charge in [0.25, 0.3) is 5.91 Å². The van der Waals surface area contributed by atoms with E-state index in [0.717, 1.165) is 42.6 Å². The first-order chi connectivity index (χ1) is 13.2. The van der Waals surface area contributed by atoms with Crippen LogP contribution < -0.4 is 11.2 Å². The van der Waals surface area contributed by atoms with E-state index in [2.05, 4.69) is 4.98 Å². The lowest BCUT2D eigenvalue weighted by Gasteiger charge is -2.32. The van der Waals surface area contributed by atoms with E-state index in [1.807, 2.05) is 47.4 Å². The minimum atomic E-state index is -0.0148. The second kappa shape index (κ2) is 7.37. The number of amides is 1. The molecule has 3 aromatic rings. The predicted octanol–water partition coefficient (Wildman–Crippen LogP) is 3.01. The molecule has 1 aromatic heterocycles. The summed E-state index contributed by atoms with van der Waals surface area (Å²) in [6.45, 7) is 2.13. The second-order valence-electron chi connectivity index (χ2n) is 7.18. The SMILES string of the molecule is NC[C@@H]1CCCN(C(=O)c2cccc(-c3ccc4[nH]ccc(=O)c4c3)c2)C1. The normalized spacial score (nSPS) is 17.2. The zero-order valence-electron chi connectivity index (χ0n) is 15.2. The minimum Gasteiger partial charge on any atom is -0.361 e. The van der Waals surface area contributed by atoms with E-state index < -0.39 is 0 Å². The Labute approximate surface area is 157 Å². The van der Waals surface area contributed by atoms with Crippen molar-refractivity contribution in [2.75, 3.05) is 19.6 Å². The third-order valence-corrected chi connectivity index (χ3v) is 5.34. The van der Waals surface area contributed by atoms with Crippen molar-refractivity contribution in [3.8, 4) is 11.1 Å². The zero-order valence-corrected chi connectivity index (χ0v) is 15.2. The Kier molecular flexibility index (Phi) is 4.77. The molecule has 0 radical (unpaired) electrons. The lowest BCUT2D eigenvalue weighted by molar-refractivity contribution is 0.0678. The van der Waals surface area contributed by atoms with E-state index >= 15 is 0 Å². The molecule has 2 aromatic carbocycles. The Bertz CT molecular complexity index is 1040. The molecule has 138 valence electrons. The molecular weight excluding hydrogens is 338 g/mol. The molecule has 0 bridgehead atoms. The monoisotopic (exact) mass is 361 g/mol. The number of aromatic nitrogens is 1. The maximum absolute atomic E-state index is 12.9. The molecule has 0 unspecified atom stereocenters. The van der Waals surface area contributed by atoms with Crippen molar-refractivity contribution in [2.45, 2.75) is 12.8 Å². The van der Waals surface area contributed by atoms with Crippen molar-refractivity contribution in [2.24, 2.45) is 11.7 Å². The molecule has 1 aliphatic rings. The van der Waals surface area contributed by atoms with Crippen LogP contribution in [0.1, 0.15) is 23.2 Å². The number of carbonyl (C=O) groups is 1. The molecule has 1 fully saturated rings. The van der Waals surface area contributed by atoms with Gasteiger partial charge in [-0.25, -0.2) is 0 Å². The second-order valence-corrected chi connectivity index (χ2v) is 7.18. The maximum Gasteiger partial charge on any atom is 0.253 e. The minimum absolute atomic E-state index is 0.0148. The Morgan fingerprint density at radius 1 is 1.15 bits per heavy atom. The predicted molar refractivity (Wildman–Crippen MR) is 108 cm³/mol. The molecule has 0 aliphatic carbocycles. The third-order valence-electron chi connectivity index (χ3n) is 5.34. The van der Waals surface area contributed by atoms with Gasteiger partial charge in [-0.2, -0.15) is 0 Å². The highest BCUT2D eigenvalue weighted by Crippen LogP contribution is 2.25. The summed E-state index contributed by atoms with van der Waals surface area (Å²) in [5.74, 6) is 0.437. The van der Waals surface area contributed by atoms with Crippen LogP contribution in [0.5, 0.6) is 0 Å². The van der Waals surface area contributed by atoms with Crippen LogP contribution in [0, 0.1) is 5.92 Å². The fourth-order valence-corrected chi connectivity index (χ4v) is 3.81. The quantitative estimate of drug-likeness (QED) is 0.753. The number of hydrogen-bond acceptors (Lipinski definition) is 3.